The van der Waals surface area contributed by atoms with Crippen molar-refractivity contribution < 1.29 is 13.2 Å². The number of pyridine rings is 2. The van der Waals surface area contributed by atoms with Crippen LogP contribution in [0.4, 0.5) is 5.69 Å². The van der Waals surface area contributed by atoms with Crippen molar-refractivity contribution in [2.45, 2.75) is 51.0 Å². The molecule has 2 heterocycles. The number of fused-ring (bicyclic) bond motifs is 1. The summed E-state index contributed by atoms with van der Waals surface area (Å²) in [5, 5.41) is 3.02. The van der Waals surface area contributed by atoms with E-state index in [1.807, 2.05) is 45.9 Å². The first kappa shape index (κ1) is 24.3. The van der Waals surface area contributed by atoms with Crippen LogP contribution in [0.3, 0.4) is 0 Å². The molecule has 4 rings (SSSR count). The molecule has 2 aromatic heterocycles. The van der Waals surface area contributed by atoms with Gasteiger partial charge in [-0.3, -0.25) is 9.59 Å². The number of rotatable bonds is 5. The largest absolute Gasteiger partial charge is 0.324 e. The van der Waals surface area contributed by atoms with E-state index in [0.717, 1.165) is 22.3 Å². The van der Waals surface area contributed by atoms with Gasteiger partial charge in [0, 0.05) is 17.6 Å². The Bertz CT molecular complexity index is 1650. The van der Waals surface area contributed by atoms with E-state index < -0.39 is 20.2 Å². The predicted octanol–water partition coefficient (Wildman–Crippen LogP) is 4.41. The van der Waals surface area contributed by atoms with Crippen LogP contribution in [0.5, 0.6) is 0 Å². The second kappa shape index (κ2) is 9.11. The van der Waals surface area contributed by atoms with Gasteiger partial charge < -0.3 is 9.88 Å². The number of sulfone groups is 1. The van der Waals surface area contributed by atoms with Gasteiger partial charge in [0.25, 0.3) is 0 Å². The Morgan fingerprint density at radius 1 is 0.914 bits per heavy atom. The van der Waals surface area contributed by atoms with Gasteiger partial charge >= 0.3 is 0 Å². The molecule has 0 aliphatic heterocycles. The summed E-state index contributed by atoms with van der Waals surface area (Å²) in [6, 6.07) is 13.7. The molecule has 2 aromatic carbocycles. The van der Waals surface area contributed by atoms with E-state index in [9.17, 15) is 18.0 Å². The van der Waals surface area contributed by atoms with Crippen molar-refractivity contribution in [1.29, 1.82) is 0 Å². The number of hydrogen-bond donors (Lipinski definition) is 1. The Kier molecular flexibility index (Phi) is 6.34. The first-order valence-electron chi connectivity index (χ1n) is 11.2. The average molecular weight is 490 g/mol. The van der Waals surface area contributed by atoms with Crippen LogP contribution in [0.25, 0.3) is 11.0 Å². The molecule has 180 valence electrons. The molecule has 0 bridgehead atoms. The molecule has 8 heteroatoms. The van der Waals surface area contributed by atoms with Gasteiger partial charge in [-0.25, -0.2) is 13.4 Å². The average Bonchev–Trinajstić information content (AvgIpc) is 2.79. The van der Waals surface area contributed by atoms with E-state index in [4.69, 9.17) is 0 Å². The number of hydrogen-bond acceptors (Lipinski definition) is 5. The van der Waals surface area contributed by atoms with Crippen LogP contribution in [-0.4, -0.2) is 23.9 Å². The summed E-state index contributed by atoms with van der Waals surface area (Å²) < 4.78 is 28.4. The number of carbonyl (C=O) groups is 1. The van der Waals surface area contributed by atoms with Gasteiger partial charge in [0.2, 0.25) is 21.2 Å². The molecule has 0 aliphatic carbocycles. The van der Waals surface area contributed by atoms with E-state index in [-0.39, 0.29) is 28.4 Å². The van der Waals surface area contributed by atoms with E-state index in [2.05, 4.69) is 10.3 Å². The Morgan fingerprint density at radius 2 is 1.63 bits per heavy atom. The van der Waals surface area contributed by atoms with E-state index in [1.165, 1.54) is 16.8 Å². The Labute approximate surface area is 204 Å². The predicted molar refractivity (Wildman–Crippen MR) is 137 cm³/mol. The van der Waals surface area contributed by atoms with Gasteiger partial charge in [-0.15, -0.1) is 0 Å². The monoisotopic (exact) mass is 489 g/mol. The molecule has 0 atom stereocenters. The van der Waals surface area contributed by atoms with Gasteiger partial charge in [0.15, 0.2) is 0 Å². The minimum absolute atomic E-state index is 0.0310. The molecule has 0 aliphatic rings. The van der Waals surface area contributed by atoms with Gasteiger partial charge in [-0.2, -0.15) is 0 Å². The van der Waals surface area contributed by atoms with Crippen LogP contribution < -0.4 is 10.7 Å². The SMILES string of the molecule is Cc1ccc(C)c(NC(=O)Cn2cc(S(=O)(=O)c3ccc(C)c(C)c3)c(=O)c3ccc(C)nc32)c1. The lowest BCUT2D eigenvalue weighted by molar-refractivity contribution is -0.116. The number of benzene rings is 2. The topological polar surface area (TPSA) is 98.1 Å². The Morgan fingerprint density at radius 3 is 2.34 bits per heavy atom. The van der Waals surface area contributed by atoms with Crippen LogP contribution in [0.15, 0.2) is 69.3 Å². The number of carbonyl (C=O) groups excluding carboxylic acids is 1. The number of aromatic nitrogens is 2. The summed E-state index contributed by atoms with van der Waals surface area (Å²) in [5.41, 5.74) is 4.58. The molecule has 0 fully saturated rings. The first-order valence-corrected chi connectivity index (χ1v) is 12.7. The van der Waals surface area contributed by atoms with Crippen molar-refractivity contribution in [2.24, 2.45) is 0 Å². The molecule has 0 saturated carbocycles. The summed E-state index contributed by atoms with van der Waals surface area (Å²) in [6.45, 7) is 9.08. The molecule has 35 heavy (non-hydrogen) atoms. The van der Waals surface area contributed by atoms with Gasteiger partial charge in [0.1, 0.15) is 17.1 Å². The third kappa shape index (κ3) is 4.74. The number of amides is 1. The third-order valence-electron chi connectivity index (χ3n) is 6.09. The lowest BCUT2D eigenvalue weighted by Crippen LogP contribution is -2.24. The van der Waals surface area contributed by atoms with Crippen LogP contribution >= 0.6 is 0 Å². The highest BCUT2D eigenvalue weighted by Crippen LogP contribution is 2.23. The minimum atomic E-state index is -4.13. The smallest absolute Gasteiger partial charge is 0.244 e. The fraction of sp³-hybridized carbons (Fsp3) is 0.222. The molecule has 4 aromatic rings. The summed E-state index contributed by atoms with van der Waals surface area (Å²) >= 11 is 0. The van der Waals surface area contributed by atoms with Crippen molar-refractivity contribution in [2.75, 3.05) is 5.32 Å². The summed E-state index contributed by atoms with van der Waals surface area (Å²) in [6.07, 6.45) is 1.23. The zero-order valence-electron chi connectivity index (χ0n) is 20.3. The lowest BCUT2D eigenvalue weighted by Gasteiger charge is -2.15. The first-order chi connectivity index (χ1) is 16.5. The van der Waals surface area contributed by atoms with Gasteiger partial charge in [-0.1, -0.05) is 18.2 Å². The Hall–Kier alpha value is -3.78. The second-order valence-electron chi connectivity index (χ2n) is 8.89. The maximum Gasteiger partial charge on any atom is 0.244 e. The normalized spacial score (nSPS) is 11.6. The lowest BCUT2D eigenvalue weighted by atomic mass is 10.1. The third-order valence-corrected chi connectivity index (χ3v) is 7.83. The van der Waals surface area contributed by atoms with E-state index in [1.54, 1.807) is 31.2 Å². The molecular weight excluding hydrogens is 462 g/mol. The summed E-state index contributed by atoms with van der Waals surface area (Å²) in [7, 11) is -4.13. The number of aryl methyl sites for hydroxylation is 5. The van der Waals surface area contributed by atoms with Crippen LogP contribution in [0.2, 0.25) is 0 Å². The standard InChI is InChI=1S/C27H27N3O4S/c1-16-6-7-18(3)23(12-16)29-25(31)15-30-14-24(26(32)22-11-9-20(5)28-27(22)30)35(33,34)21-10-8-17(2)19(4)13-21/h6-14H,15H2,1-5H3,(H,29,31). The van der Waals surface area contributed by atoms with E-state index >= 15 is 0 Å². The summed E-state index contributed by atoms with van der Waals surface area (Å²) in [5.74, 6) is -0.360. The minimum Gasteiger partial charge on any atom is -0.324 e. The Balaban J connectivity index is 1.84. The highest BCUT2D eigenvalue weighted by atomic mass is 32.2. The molecule has 0 saturated heterocycles. The van der Waals surface area contributed by atoms with Crippen LogP contribution in [-0.2, 0) is 21.2 Å². The van der Waals surface area contributed by atoms with Crippen LogP contribution in [0, 0.1) is 34.6 Å². The van der Waals surface area contributed by atoms with Gasteiger partial charge in [-0.05, 0) is 87.2 Å². The van der Waals surface area contributed by atoms with Crippen LogP contribution in [0.1, 0.15) is 27.9 Å². The fourth-order valence-corrected chi connectivity index (χ4v) is 5.32. The zero-order chi connectivity index (χ0) is 25.5. The van der Waals surface area contributed by atoms with Crippen molar-refractivity contribution in [3.05, 3.63) is 92.9 Å². The molecule has 1 amide bonds. The van der Waals surface area contributed by atoms with Gasteiger partial charge in [0.05, 0.1) is 10.3 Å². The zero-order valence-corrected chi connectivity index (χ0v) is 21.2. The second-order valence-corrected chi connectivity index (χ2v) is 10.8. The highest BCUT2D eigenvalue weighted by molar-refractivity contribution is 7.91. The van der Waals surface area contributed by atoms with Crippen molar-refractivity contribution >= 4 is 32.5 Å². The number of nitrogens with zero attached hydrogens (tertiary/aromatic N) is 2. The number of nitrogens with one attached hydrogen (secondary N) is 1. The fourth-order valence-electron chi connectivity index (χ4n) is 3.87. The van der Waals surface area contributed by atoms with Crippen molar-refractivity contribution in [3.63, 3.8) is 0 Å². The van der Waals surface area contributed by atoms with Crippen molar-refractivity contribution in [3.8, 4) is 0 Å². The molecule has 0 radical (unpaired) electrons. The molecule has 0 unspecified atom stereocenters. The highest BCUT2D eigenvalue weighted by Gasteiger charge is 2.25. The summed E-state index contributed by atoms with van der Waals surface area (Å²) in [4.78, 5) is 30.4. The molecule has 1 N–H and O–H groups in total. The van der Waals surface area contributed by atoms with E-state index in [0.29, 0.717) is 11.4 Å². The number of anilines is 1. The quantitative estimate of drug-likeness (QED) is 0.448. The molecular formula is C27H27N3O4S. The van der Waals surface area contributed by atoms with Crippen molar-refractivity contribution in [1.82, 2.24) is 9.55 Å². The molecule has 7 nitrogen and oxygen atoms in total. The maximum absolute atomic E-state index is 13.5. The molecule has 0 spiro atoms. The maximum atomic E-state index is 13.5.